The van der Waals surface area contributed by atoms with E-state index in [1.165, 1.54) is 46.3 Å². The standard InChI is InChI=1S/C17H28O4/c1-4-8-14(16(18)20-2)12-15(17(19)21-3)11-13-9-6-5-7-10-13/h4,13-15H,1,5-12H2,2-3H3. The highest BCUT2D eigenvalue weighted by atomic mass is 16.5. The highest BCUT2D eigenvalue weighted by molar-refractivity contribution is 5.76. The maximum atomic E-state index is 12.0. The van der Waals surface area contributed by atoms with Crippen molar-refractivity contribution >= 4 is 11.9 Å². The van der Waals surface area contributed by atoms with Crippen molar-refractivity contribution in [2.45, 2.75) is 51.4 Å². The predicted octanol–water partition coefficient (Wildman–Crippen LogP) is 3.50. The quantitative estimate of drug-likeness (QED) is 0.508. The van der Waals surface area contributed by atoms with Crippen molar-refractivity contribution < 1.29 is 19.1 Å². The zero-order valence-electron chi connectivity index (χ0n) is 13.3. The molecule has 0 radical (unpaired) electrons. The first-order valence-corrected chi connectivity index (χ1v) is 7.88. The van der Waals surface area contributed by atoms with Gasteiger partial charge in [-0.25, -0.2) is 0 Å². The van der Waals surface area contributed by atoms with Gasteiger partial charge in [0.05, 0.1) is 26.1 Å². The molecule has 0 N–H and O–H groups in total. The van der Waals surface area contributed by atoms with Crippen molar-refractivity contribution in [3.63, 3.8) is 0 Å². The minimum atomic E-state index is -0.305. The summed E-state index contributed by atoms with van der Waals surface area (Å²) in [6.07, 6.45) is 9.67. The first-order valence-electron chi connectivity index (χ1n) is 7.88. The van der Waals surface area contributed by atoms with Crippen LogP contribution in [-0.2, 0) is 19.1 Å². The van der Waals surface area contributed by atoms with Crippen LogP contribution < -0.4 is 0 Å². The summed E-state index contributed by atoms with van der Waals surface area (Å²) in [5.74, 6) is -0.432. The van der Waals surface area contributed by atoms with Crippen molar-refractivity contribution in [3.8, 4) is 0 Å². The van der Waals surface area contributed by atoms with Gasteiger partial charge in [0.25, 0.3) is 0 Å². The van der Waals surface area contributed by atoms with E-state index in [0.29, 0.717) is 18.8 Å². The van der Waals surface area contributed by atoms with Gasteiger partial charge in [0.1, 0.15) is 0 Å². The number of methoxy groups -OCH3 is 2. The van der Waals surface area contributed by atoms with Crippen LogP contribution in [0, 0.1) is 17.8 Å². The molecular formula is C17H28O4. The zero-order valence-corrected chi connectivity index (χ0v) is 13.3. The van der Waals surface area contributed by atoms with E-state index in [1.807, 2.05) is 0 Å². The molecule has 0 amide bonds. The van der Waals surface area contributed by atoms with Gasteiger partial charge < -0.3 is 9.47 Å². The van der Waals surface area contributed by atoms with Crippen LogP contribution in [0.3, 0.4) is 0 Å². The lowest BCUT2D eigenvalue weighted by Crippen LogP contribution is -2.27. The lowest BCUT2D eigenvalue weighted by atomic mass is 9.79. The summed E-state index contributed by atoms with van der Waals surface area (Å²) in [5.41, 5.74) is 0. The minimum absolute atomic E-state index is 0.210. The van der Waals surface area contributed by atoms with E-state index in [-0.39, 0.29) is 23.8 Å². The van der Waals surface area contributed by atoms with Crippen molar-refractivity contribution in [1.29, 1.82) is 0 Å². The van der Waals surface area contributed by atoms with Gasteiger partial charge in [0.15, 0.2) is 0 Å². The molecule has 0 aliphatic heterocycles. The van der Waals surface area contributed by atoms with Gasteiger partial charge in [-0.15, -0.1) is 6.58 Å². The lowest BCUT2D eigenvalue weighted by Gasteiger charge is -2.26. The van der Waals surface area contributed by atoms with Gasteiger partial charge in [0.2, 0.25) is 0 Å². The van der Waals surface area contributed by atoms with Crippen LogP contribution in [0.4, 0.5) is 0 Å². The third-order valence-electron chi connectivity index (χ3n) is 4.43. The molecule has 1 rings (SSSR count). The Labute approximate surface area is 127 Å². The summed E-state index contributed by atoms with van der Waals surface area (Å²) in [4.78, 5) is 23.9. The Balaban J connectivity index is 2.68. The fraction of sp³-hybridized carbons (Fsp3) is 0.765. The molecule has 21 heavy (non-hydrogen) atoms. The average Bonchev–Trinajstić information content (AvgIpc) is 2.53. The first-order chi connectivity index (χ1) is 10.1. The van der Waals surface area contributed by atoms with Crippen molar-refractivity contribution in [3.05, 3.63) is 12.7 Å². The Kier molecular flexibility index (Phi) is 8.09. The van der Waals surface area contributed by atoms with Crippen LogP contribution in [0.2, 0.25) is 0 Å². The maximum absolute atomic E-state index is 12.0. The van der Waals surface area contributed by atoms with Gasteiger partial charge in [0, 0.05) is 0 Å². The maximum Gasteiger partial charge on any atom is 0.308 e. The number of carbonyl (C=O) groups is 2. The molecule has 120 valence electrons. The first kappa shape index (κ1) is 17.7. The lowest BCUT2D eigenvalue weighted by molar-refractivity contribution is -0.150. The Morgan fingerprint density at radius 3 is 2.19 bits per heavy atom. The summed E-state index contributed by atoms with van der Waals surface area (Å²) in [6.45, 7) is 3.68. The number of allylic oxidation sites excluding steroid dienone is 1. The number of hydrogen-bond donors (Lipinski definition) is 0. The molecule has 0 aromatic rings. The zero-order chi connectivity index (χ0) is 15.7. The van der Waals surface area contributed by atoms with Gasteiger partial charge in [-0.05, 0) is 25.2 Å². The Hall–Kier alpha value is -1.32. The number of hydrogen-bond acceptors (Lipinski definition) is 4. The molecule has 4 nitrogen and oxygen atoms in total. The van der Waals surface area contributed by atoms with E-state index < -0.39 is 0 Å². The Morgan fingerprint density at radius 1 is 1.10 bits per heavy atom. The smallest absolute Gasteiger partial charge is 0.308 e. The molecule has 1 saturated carbocycles. The summed E-state index contributed by atoms with van der Waals surface area (Å²) < 4.78 is 9.76. The SMILES string of the molecule is C=CCC(CC(CC1CCCCC1)C(=O)OC)C(=O)OC. The van der Waals surface area contributed by atoms with Gasteiger partial charge in [-0.2, -0.15) is 0 Å². The van der Waals surface area contributed by atoms with Crippen LogP contribution in [0.25, 0.3) is 0 Å². The van der Waals surface area contributed by atoms with E-state index in [9.17, 15) is 9.59 Å². The topological polar surface area (TPSA) is 52.6 Å². The van der Waals surface area contributed by atoms with E-state index in [0.717, 1.165) is 6.42 Å². The van der Waals surface area contributed by atoms with Gasteiger partial charge >= 0.3 is 11.9 Å². The monoisotopic (exact) mass is 296 g/mol. The van der Waals surface area contributed by atoms with Gasteiger partial charge in [-0.3, -0.25) is 9.59 Å². The minimum Gasteiger partial charge on any atom is -0.469 e. The summed E-state index contributed by atoms with van der Waals surface area (Å²) in [6, 6.07) is 0. The molecule has 0 aromatic carbocycles. The second kappa shape index (κ2) is 9.59. The number of carbonyl (C=O) groups excluding carboxylic acids is 2. The van der Waals surface area contributed by atoms with Crippen LogP contribution >= 0.6 is 0 Å². The largest absolute Gasteiger partial charge is 0.469 e. The fourth-order valence-corrected chi connectivity index (χ4v) is 3.28. The molecule has 0 bridgehead atoms. The van der Waals surface area contributed by atoms with E-state index in [2.05, 4.69) is 6.58 Å². The predicted molar refractivity (Wildman–Crippen MR) is 81.6 cm³/mol. The second-order valence-corrected chi connectivity index (χ2v) is 5.94. The van der Waals surface area contributed by atoms with Crippen LogP contribution in [0.5, 0.6) is 0 Å². The molecule has 0 spiro atoms. The van der Waals surface area contributed by atoms with Crippen LogP contribution in [0.15, 0.2) is 12.7 Å². The molecule has 0 aromatic heterocycles. The van der Waals surface area contributed by atoms with E-state index >= 15 is 0 Å². The highest BCUT2D eigenvalue weighted by Gasteiger charge is 2.30. The van der Waals surface area contributed by atoms with E-state index in [1.54, 1.807) is 6.08 Å². The molecule has 0 saturated heterocycles. The third kappa shape index (κ3) is 5.90. The number of rotatable bonds is 8. The summed E-state index contributed by atoms with van der Waals surface area (Å²) >= 11 is 0. The molecular weight excluding hydrogens is 268 g/mol. The molecule has 4 heteroatoms. The fourth-order valence-electron chi connectivity index (χ4n) is 3.28. The molecule has 2 unspecified atom stereocenters. The molecule has 1 fully saturated rings. The normalized spacial score (nSPS) is 18.6. The molecule has 1 aliphatic rings. The van der Waals surface area contributed by atoms with Crippen molar-refractivity contribution in [2.75, 3.05) is 14.2 Å². The second-order valence-electron chi connectivity index (χ2n) is 5.94. The van der Waals surface area contributed by atoms with Crippen LogP contribution in [0.1, 0.15) is 51.4 Å². The Bertz CT molecular complexity index is 345. The molecule has 0 heterocycles. The molecule has 2 atom stereocenters. The Morgan fingerprint density at radius 2 is 1.67 bits per heavy atom. The summed E-state index contributed by atoms with van der Waals surface area (Å²) in [7, 11) is 2.80. The van der Waals surface area contributed by atoms with Crippen molar-refractivity contribution in [1.82, 2.24) is 0 Å². The number of ether oxygens (including phenoxy) is 2. The third-order valence-corrected chi connectivity index (χ3v) is 4.43. The highest BCUT2D eigenvalue weighted by Crippen LogP contribution is 2.32. The van der Waals surface area contributed by atoms with Crippen LogP contribution in [-0.4, -0.2) is 26.2 Å². The number of esters is 2. The summed E-state index contributed by atoms with van der Waals surface area (Å²) in [5, 5.41) is 0. The molecule has 1 aliphatic carbocycles. The van der Waals surface area contributed by atoms with Gasteiger partial charge in [-0.1, -0.05) is 38.2 Å². The average molecular weight is 296 g/mol. The van der Waals surface area contributed by atoms with E-state index in [4.69, 9.17) is 9.47 Å². The van der Waals surface area contributed by atoms with Crippen molar-refractivity contribution in [2.24, 2.45) is 17.8 Å².